The van der Waals surface area contributed by atoms with Crippen LogP contribution in [-0.2, 0) is 33.6 Å². The maximum Gasteiger partial charge on any atom is 0.322 e. The Hall–Kier alpha value is -3.79. The van der Waals surface area contributed by atoms with Gasteiger partial charge < -0.3 is 48.3 Å². The summed E-state index contributed by atoms with van der Waals surface area (Å²) in [6.07, 6.45) is -0.106. The van der Waals surface area contributed by atoms with E-state index in [9.17, 15) is 38.7 Å². The normalized spacial score (nSPS) is 17.5. The third kappa shape index (κ3) is 9.54. The summed E-state index contributed by atoms with van der Waals surface area (Å²) < 4.78 is 0. The number of hydrogen-bond acceptors (Lipinski definition) is 9. The molecule has 6 amide bonds. The minimum Gasteiger partial charge on any atom is -0.480 e. The second-order valence-corrected chi connectivity index (χ2v) is 7.89. The zero-order chi connectivity index (χ0) is 26.7. The first-order valence-corrected chi connectivity index (χ1v) is 10.7. The zero-order valence-corrected chi connectivity index (χ0v) is 18.9. The molecule has 0 spiro atoms. The van der Waals surface area contributed by atoms with Crippen LogP contribution in [0.1, 0.15) is 32.1 Å². The molecule has 1 saturated heterocycles. The highest BCUT2D eigenvalue weighted by Crippen LogP contribution is 2.19. The molecule has 0 aromatic rings. The third-order valence-corrected chi connectivity index (χ3v) is 5.13. The zero-order valence-electron chi connectivity index (χ0n) is 18.9. The summed E-state index contributed by atoms with van der Waals surface area (Å²) in [5.74, 6) is -6.38. The fourth-order valence-electron chi connectivity index (χ4n) is 3.37. The average Bonchev–Trinajstić information content (AvgIpc) is 3.27. The van der Waals surface area contributed by atoms with Crippen LogP contribution >= 0.6 is 0 Å². The Bertz CT molecular complexity index is 851. The summed E-state index contributed by atoms with van der Waals surface area (Å²) in [4.78, 5) is 84.3. The first-order chi connectivity index (χ1) is 16.4. The fraction of sp³-hybridized carbons (Fsp3) is 0.632. The summed E-state index contributed by atoms with van der Waals surface area (Å²) in [5.41, 5.74) is 16.0. The quantitative estimate of drug-likeness (QED) is 0.112. The SMILES string of the molecule is NC(=O)CC[C@H](N)C(=O)N1CCC[C@H]1C(=O)N[C@@H](CC(N)=O)C(=O)N[C@@H](CO)C(=O)NCC(=O)O. The number of rotatable bonds is 14. The molecule has 1 rings (SSSR count). The van der Waals surface area contributed by atoms with Crippen molar-refractivity contribution >= 4 is 41.4 Å². The van der Waals surface area contributed by atoms with E-state index >= 15 is 0 Å². The molecular formula is C19H31N7O9. The van der Waals surface area contributed by atoms with Crippen molar-refractivity contribution in [1.82, 2.24) is 20.9 Å². The molecule has 0 bridgehead atoms. The molecule has 0 aromatic heterocycles. The number of aliphatic hydroxyl groups is 1. The molecule has 0 unspecified atom stereocenters. The summed E-state index contributed by atoms with van der Waals surface area (Å²) in [7, 11) is 0. The lowest BCUT2D eigenvalue weighted by Gasteiger charge is -2.28. The molecule has 16 heteroatoms. The first-order valence-electron chi connectivity index (χ1n) is 10.7. The van der Waals surface area contributed by atoms with Crippen molar-refractivity contribution in [3.05, 3.63) is 0 Å². The number of nitrogens with two attached hydrogens (primary N) is 3. The number of amides is 6. The van der Waals surface area contributed by atoms with Crippen molar-refractivity contribution < 1.29 is 43.8 Å². The van der Waals surface area contributed by atoms with Crippen LogP contribution in [0, 0.1) is 0 Å². The molecular weight excluding hydrogens is 470 g/mol. The van der Waals surface area contributed by atoms with E-state index in [-0.39, 0.29) is 25.8 Å². The van der Waals surface area contributed by atoms with Gasteiger partial charge in [-0.1, -0.05) is 0 Å². The third-order valence-electron chi connectivity index (χ3n) is 5.13. The molecule has 4 atom stereocenters. The number of hydrogen-bond donors (Lipinski definition) is 8. The number of carboxylic acids is 1. The van der Waals surface area contributed by atoms with E-state index in [0.717, 1.165) is 0 Å². The summed E-state index contributed by atoms with van der Waals surface area (Å²) in [6, 6.07) is -5.21. The fourth-order valence-corrected chi connectivity index (χ4v) is 3.37. The molecule has 1 aliphatic rings. The van der Waals surface area contributed by atoms with E-state index in [2.05, 4.69) is 10.6 Å². The Kier molecular flexibility index (Phi) is 11.5. The Morgan fingerprint density at radius 3 is 2.17 bits per heavy atom. The Morgan fingerprint density at radius 2 is 1.63 bits per heavy atom. The monoisotopic (exact) mass is 501 g/mol. The molecule has 0 aliphatic carbocycles. The highest BCUT2D eigenvalue weighted by molar-refractivity contribution is 5.97. The van der Waals surface area contributed by atoms with Gasteiger partial charge in [0.25, 0.3) is 0 Å². The van der Waals surface area contributed by atoms with Gasteiger partial charge in [0.05, 0.1) is 19.1 Å². The summed E-state index contributed by atoms with van der Waals surface area (Å²) in [5, 5.41) is 24.4. The molecule has 0 radical (unpaired) electrons. The second-order valence-electron chi connectivity index (χ2n) is 7.89. The van der Waals surface area contributed by atoms with E-state index in [1.165, 1.54) is 4.90 Å². The molecule has 35 heavy (non-hydrogen) atoms. The van der Waals surface area contributed by atoms with E-state index in [0.29, 0.717) is 6.42 Å². The predicted octanol–water partition coefficient (Wildman–Crippen LogP) is -5.39. The van der Waals surface area contributed by atoms with Gasteiger partial charge >= 0.3 is 5.97 Å². The molecule has 0 saturated carbocycles. The summed E-state index contributed by atoms with van der Waals surface area (Å²) in [6.45, 7) is -1.47. The van der Waals surface area contributed by atoms with Crippen LogP contribution in [0.3, 0.4) is 0 Å². The number of nitrogens with one attached hydrogen (secondary N) is 3. The van der Waals surface area contributed by atoms with Gasteiger partial charge in [0.1, 0.15) is 24.7 Å². The highest BCUT2D eigenvalue weighted by atomic mass is 16.4. The topological polar surface area (TPSA) is 277 Å². The van der Waals surface area contributed by atoms with Crippen molar-refractivity contribution in [3.8, 4) is 0 Å². The number of aliphatic carboxylic acids is 1. The van der Waals surface area contributed by atoms with Gasteiger partial charge in [-0.3, -0.25) is 33.6 Å². The number of aliphatic hydroxyl groups excluding tert-OH is 1. The number of likely N-dealkylation sites (tertiary alicyclic amines) is 1. The molecule has 196 valence electrons. The van der Waals surface area contributed by atoms with Crippen LogP contribution in [0.4, 0.5) is 0 Å². The lowest BCUT2D eigenvalue weighted by molar-refractivity contribution is -0.141. The van der Waals surface area contributed by atoms with Gasteiger partial charge in [-0.15, -0.1) is 0 Å². The van der Waals surface area contributed by atoms with Crippen LogP contribution in [-0.4, -0.2) is 100 Å². The largest absolute Gasteiger partial charge is 0.480 e. The van der Waals surface area contributed by atoms with Crippen molar-refractivity contribution in [2.24, 2.45) is 17.2 Å². The van der Waals surface area contributed by atoms with Gasteiger partial charge in [-0.25, -0.2) is 0 Å². The Morgan fingerprint density at radius 1 is 0.971 bits per heavy atom. The number of carbonyl (C=O) groups is 7. The molecule has 16 nitrogen and oxygen atoms in total. The van der Waals surface area contributed by atoms with Crippen molar-refractivity contribution in [2.75, 3.05) is 19.7 Å². The smallest absolute Gasteiger partial charge is 0.322 e. The van der Waals surface area contributed by atoms with Crippen molar-refractivity contribution in [2.45, 2.75) is 56.3 Å². The number of carbonyl (C=O) groups excluding carboxylic acids is 6. The lowest BCUT2D eigenvalue weighted by Crippen LogP contribution is -2.58. The molecule has 0 aromatic carbocycles. The van der Waals surface area contributed by atoms with Crippen LogP contribution in [0.5, 0.6) is 0 Å². The Balaban J connectivity index is 2.88. The molecule has 1 fully saturated rings. The minimum atomic E-state index is -1.57. The average molecular weight is 501 g/mol. The standard InChI is InChI=1S/C19H31N7O9/c20-9(3-4-13(21)28)19(35)26-5-1-2-12(26)18(34)24-10(6-14(22)29)17(33)25-11(8-27)16(32)23-7-15(30)31/h9-12,27H,1-8,20H2,(H2,21,28)(H2,22,29)(H,23,32)(H,24,34)(H,25,33)(H,30,31)/t9-,10-,11-,12-/m0/s1. The Labute approximate surface area is 199 Å². The maximum absolute atomic E-state index is 12.9. The van der Waals surface area contributed by atoms with Crippen LogP contribution < -0.4 is 33.2 Å². The molecule has 1 heterocycles. The van der Waals surface area contributed by atoms with Gasteiger partial charge in [0.15, 0.2) is 0 Å². The minimum absolute atomic E-state index is 0.0157. The van der Waals surface area contributed by atoms with Gasteiger partial charge in [0.2, 0.25) is 35.4 Å². The number of carboxylic acid groups (broad SMARTS) is 1. The van der Waals surface area contributed by atoms with E-state index in [4.69, 9.17) is 22.3 Å². The maximum atomic E-state index is 12.9. The van der Waals surface area contributed by atoms with Gasteiger partial charge in [-0.05, 0) is 19.3 Å². The van der Waals surface area contributed by atoms with Crippen LogP contribution in [0.2, 0.25) is 0 Å². The first kappa shape index (κ1) is 29.2. The second kappa shape index (κ2) is 13.8. The number of nitrogens with zero attached hydrogens (tertiary/aromatic N) is 1. The summed E-state index contributed by atoms with van der Waals surface area (Å²) >= 11 is 0. The highest BCUT2D eigenvalue weighted by Gasteiger charge is 2.38. The van der Waals surface area contributed by atoms with Crippen LogP contribution in [0.25, 0.3) is 0 Å². The lowest BCUT2D eigenvalue weighted by atomic mass is 10.1. The van der Waals surface area contributed by atoms with E-state index in [1.54, 1.807) is 0 Å². The van der Waals surface area contributed by atoms with Gasteiger partial charge in [-0.2, -0.15) is 0 Å². The predicted molar refractivity (Wildman–Crippen MR) is 117 cm³/mol. The van der Waals surface area contributed by atoms with Crippen molar-refractivity contribution in [1.29, 1.82) is 0 Å². The van der Waals surface area contributed by atoms with Gasteiger partial charge in [0, 0.05) is 13.0 Å². The van der Waals surface area contributed by atoms with E-state index < -0.39 is 85.2 Å². The van der Waals surface area contributed by atoms with E-state index in [1.807, 2.05) is 5.32 Å². The van der Waals surface area contributed by atoms with Crippen molar-refractivity contribution in [3.63, 3.8) is 0 Å². The molecule has 1 aliphatic heterocycles. The molecule has 11 N–H and O–H groups in total. The number of primary amides is 2. The van der Waals surface area contributed by atoms with Crippen LogP contribution in [0.15, 0.2) is 0 Å².